The van der Waals surface area contributed by atoms with E-state index in [0.717, 1.165) is 0 Å². The normalized spacial score (nSPS) is 11.6. The first kappa shape index (κ1) is 17.1. The smallest absolute Gasteiger partial charge is 0.344 e. The number of carbonyl (C=O) groups excluding carboxylic acids is 1. The molecule has 0 aliphatic carbocycles. The molecule has 5 nitrogen and oxygen atoms in total. The summed E-state index contributed by atoms with van der Waals surface area (Å²) < 4.78 is 5.19. The summed E-state index contributed by atoms with van der Waals surface area (Å²) in [5, 5.41) is 12.3. The van der Waals surface area contributed by atoms with Crippen molar-refractivity contribution >= 4 is 40.8 Å². The van der Waals surface area contributed by atoms with Gasteiger partial charge < -0.3 is 15.2 Å². The van der Waals surface area contributed by atoms with E-state index in [2.05, 4.69) is 5.32 Å². The van der Waals surface area contributed by atoms with Gasteiger partial charge in [-0.2, -0.15) is 0 Å². The fourth-order valence-electron chi connectivity index (χ4n) is 1.73. The van der Waals surface area contributed by atoms with E-state index in [1.807, 2.05) is 0 Å². The number of hydrogen-bond donors (Lipinski definition) is 2. The molecule has 0 aliphatic heterocycles. The van der Waals surface area contributed by atoms with E-state index >= 15 is 0 Å². The Hall–Kier alpha value is -2.24. The highest BCUT2D eigenvalue weighted by molar-refractivity contribution is 6.35. The molecule has 2 rings (SSSR count). The second-order valence-electron chi connectivity index (χ2n) is 4.70. The zero-order chi connectivity index (χ0) is 17.0. The molecule has 1 amide bonds. The van der Waals surface area contributed by atoms with Crippen molar-refractivity contribution in [2.45, 2.75) is 13.0 Å². The Labute approximate surface area is 142 Å². The van der Waals surface area contributed by atoms with E-state index in [1.165, 1.54) is 31.2 Å². The zero-order valence-corrected chi connectivity index (χ0v) is 13.6. The molecule has 0 fully saturated rings. The standard InChI is InChI=1S/C16H13Cl2NO4/c1-9(16(21)22)23-12-5-2-10(3-6-12)15(20)19-14-8-11(17)4-7-13(14)18/h2-9H,1H3,(H,19,20)(H,21,22)/t9-/m0/s1. The lowest BCUT2D eigenvalue weighted by Crippen LogP contribution is -2.22. The zero-order valence-electron chi connectivity index (χ0n) is 12.0. The van der Waals surface area contributed by atoms with Crippen LogP contribution in [-0.4, -0.2) is 23.1 Å². The van der Waals surface area contributed by atoms with Crippen LogP contribution in [0.25, 0.3) is 0 Å². The summed E-state index contributed by atoms with van der Waals surface area (Å²) >= 11 is 11.9. The lowest BCUT2D eigenvalue weighted by atomic mass is 10.2. The van der Waals surface area contributed by atoms with Crippen LogP contribution in [0.2, 0.25) is 10.0 Å². The van der Waals surface area contributed by atoms with Gasteiger partial charge in [0.2, 0.25) is 0 Å². The second-order valence-corrected chi connectivity index (χ2v) is 5.54. The first-order valence-corrected chi connectivity index (χ1v) is 7.38. The first-order chi connectivity index (χ1) is 10.9. The van der Waals surface area contributed by atoms with Gasteiger partial charge in [-0.1, -0.05) is 23.2 Å². The van der Waals surface area contributed by atoms with Crippen molar-refractivity contribution < 1.29 is 19.4 Å². The SMILES string of the molecule is C[C@H](Oc1ccc(C(=O)Nc2cc(Cl)ccc2Cl)cc1)C(=O)O. The Morgan fingerprint density at radius 2 is 1.78 bits per heavy atom. The number of nitrogens with one attached hydrogen (secondary N) is 1. The lowest BCUT2D eigenvalue weighted by molar-refractivity contribution is -0.144. The summed E-state index contributed by atoms with van der Waals surface area (Å²) in [6.07, 6.45) is -0.972. The first-order valence-electron chi connectivity index (χ1n) is 6.63. The summed E-state index contributed by atoms with van der Waals surface area (Å²) in [7, 11) is 0. The Kier molecular flexibility index (Phi) is 5.47. The topological polar surface area (TPSA) is 75.6 Å². The lowest BCUT2D eigenvalue weighted by Gasteiger charge is -2.11. The van der Waals surface area contributed by atoms with E-state index in [9.17, 15) is 9.59 Å². The van der Waals surface area contributed by atoms with Crippen molar-refractivity contribution in [3.05, 3.63) is 58.1 Å². The van der Waals surface area contributed by atoms with Crippen LogP contribution in [0.3, 0.4) is 0 Å². The predicted molar refractivity (Wildman–Crippen MR) is 88.6 cm³/mol. The van der Waals surface area contributed by atoms with Crippen molar-refractivity contribution in [2.24, 2.45) is 0 Å². The third-order valence-corrected chi connectivity index (χ3v) is 3.52. The van der Waals surface area contributed by atoms with Crippen molar-refractivity contribution in [3.63, 3.8) is 0 Å². The molecule has 23 heavy (non-hydrogen) atoms. The van der Waals surface area contributed by atoms with Crippen molar-refractivity contribution in [1.82, 2.24) is 0 Å². The van der Waals surface area contributed by atoms with Crippen LogP contribution in [0.1, 0.15) is 17.3 Å². The van der Waals surface area contributed by atoms with Crippen molar-refractivity contribution in [2.75, 3.05) is 5.32 Å². The van der Waals surface area contributed by atoms with E-state index in [4.69, 9.17) is 33.0 Å². The van der Waals surface area contributed by atoms with Crippen molar-refractivity contribution in [3.8, 4) is 5.75 Å². The van der Waals surface area contributed by atoms with E-state index in [1.54, 1.807) is 18.2 Å². The Morgan fingerprint density at radius 3 is 2.39 bits per heavy atom. The highest BCUT2D eigenvalue weighted by Gasteiger charge is 2.13. The van der Waals surface area contributed by atoms with Crippen LogP contribution >= 0.6 is 23.2 Å². The Morgan fingerprint density at radius 1 is 1.13 bits per heavy atom. The molecule has 0 aromatic heterocycles. The summed E-state index contributed by atoms with van der Waals surface area (Å²) in [4.78, 5) is 22.9. The van der Waals surface area contributed by atoms with Gasteiger partial charge in [0.25, 0.3) is 5.91 Å². The van der Waals surface area contributed by atoms with Gasteiger partial charge in [-0.15, -0.1) is 0 Å². The van der Waals surface area contributed by atoms with Gasteiger partial charge in [0, 0.05) is 10.6 Å². The fraction of sp³-hybridized carbons (Fsp3) is 0.125. The molecule has 7 heteroatoms. The molecule has 0 aliphatic rings. The average molecular weight is 354 g/mol. The van der Waals surface area contributed by atoms with Crippen molar-refractivity contribution in [1.29, 1.82) is 0 Å². The van der Waals surface area contributed by atoms with E-state index < -0.39 is 12.1 Å². The highest BCUT2D eigenvalue weighted by atomic mass is 35.5. The van der Waals surface area contributed by atoms with Crippen LogP contribution < -0.4 is 10.1 Å². The summed E-state index contributed by atoms with van der Waals surface area (Å²) in [6.45, 7) is 1.42. The Balaban J connectivity index is 2.08. The minimum Gasteiger partial charge on any atom is -0.479 e. The molecule has 0 saturated heterocycles. The molecule has 0 bridgehead atoms. The predicted octanol–water partition coefficient (Wildman–Crippen LogP) is 4.10. The van der Waals surface area contributed by atoms with Gasteiger partial charge in [0.1, 0.15) is 5.75 Å². The quantitative estimate of drug-likeness (QED) is 0.848. The molecule has 1 atom stereocenters. The molecule has 0 radical (unpaired) electrons. The summed E-state index contributed by atoms with van der Waals surface area (Å²) in [5.41, 5.74) is 0.778. The number of benzene rings is 2. The number of rotatable bonds is 5. The van der Waals surface area contributed by atoms with Gasteiger partial charge in [-0.25, -0.2) is 4.79 Å². The molecular weight excluding hydrogens is 341 g/mol. The number of aliphatic carboxylic acids is 1. The number of ether oxygens (including phenoxy) is 1. The molecule has 2 aromatic carbocycles. The van der Waals surface area contributed by atoms with E-state index in [0.29, 0.717) is 27.0 Å². The minimum absolute atomic E-state index is 0.359. The number of hydrogen-bond acceptors (Lipinski definition) is 3. The average Bonchev–Trinajstić information content (AvgIpc) is 2.51. The summed E-state index contributed by atoms with van der Waals surface area (Å²) in [6, 6.07) is 10.9. The Bertz CT molecular complexity index is 731. The van der Waals surface area contributed by atoms with Gasteiger partial charge in [0.05, 0.1) is 10.7 Å². The van der Waals surface area contributed by atoms with Gasteiger partial charge in [0.15, 0.2) is 6.10 Å². The largest absolute Gasteiger partial charge is 0.479 e. The highest BCUT2D eigenvalue weighted by Crippen LogP contribution is 2.26. The maximum Gasteiger partial charge on any atom is 0.344 e. The fourth-order valence-corrected chi connectivity index (χ4v) is 2.06. The second kappa shape index (κ2) is 7.35. The van der Waals surface area contributed by atoms with Gasteiger partial charge >= 0.3 is 5.97 Å². The molecular formula is C16H13Cl2NO4. The monoisotopic (exact) mass is 353 g/mol. The molecule has 0 saturated carbocycles. The number of carboxylic acid groups (broad SMARTS) is 1. The van der Waals surface area contributed by atoms with Gasteiger partial charge in [-0.05, 0) is 49.4 Å². The maximum absolute atomic E-state index is 12.2. The molecule has 2 aromatic rings. The minimum atomic E-state index is -1.07. The van der Waals surface area contributed by atoms with Crippen LogP contribution in [0.4, 0.5) is 5.69 Å². The molecule has 2 N–H and O–H groups in total. The third-order valence-electron chi connectivity index (χ3n) is 2.95. The number of carboxylic acids is 1. The molecule has 120 valence electrons. The van der Waals surface area contributed by atoms with Crippen LogP contribution in [0, 0.1) is 0 Å². The van der Waals surface area contributed by atoms with E-state index in [-0.39, 0.29) is 5.91 Å². The van der Waals surface area contributed by atoms with Gasteiger partial charge in [-0.3, -0.25) is 4.79 Å². The molecule has 0 heterocycles. The molecule has 0 unspecified atom stereocenters. The van der Waals surface area contributed by atoms with Crippen LogP contribution in [0.15, 0.2) is 42.5 Å². The number of anilines is 1. The molecule has 0 spiro atoms. The maximum atomic E-state index is 12.2. The van der Waals surface area contributed by atoms with Crippen LogP contribution in [0.5, 0.6) is 5.75 Å². The number of halogens is 2. The number of amides is 1. The third kappa shape index (κ3) is 4.61. The summed E-state index contributed by atoms with van der Waals surface area (Å²) in [5.74, 6) is -1.08. The van der Waals surface area contributed by atoms with Crippen LogP contribution in [-0.2, 0) is 4.79 Å². The number of carbonyl (C=O) groups is 2.